The third kappa shape index (κ3) is 5.37. The Balaban J connectivity index is 1.62. The summed E-state index contributed by atoms with van der Waals surface area (Å²) < 4.78 is 55.8. The van der Waals surface area contributed by atoms with Crippen molar-refractivity contribution in [1.82, 2.24) is 4.72 Å². The van der Waals surface area contributed by atoms with Gasteiger partial charge in [-0.05, 0) is 78.8 Å². The van der Waals surface area contributed by atoms with Gasteiger partial charge in [-0.25, -0.2) is 21.9 Å². The van der Waals surface area contributed by atoms with Crippen molar-refractivity contribution in [3.63, 3.8) is 0 Å². The summed E-state index contributed by atoms with van der Waals surface area (Å²) in [4.78, 5) is 16.9. The highest BCUT2D eigenvalue weighted by Gasteiger charge is 2.56. The minimum atomic E-state index is -4.44. The van der Waals surface area contributed by atoms with Crippen molar-refractivity contribution in [2.75, 3.05) is 13.2 Å². The third-order valence-electron chi connectivity index (χ3n) is 8.35. The van der Waals surface area contributed by atoms with Crippen LogP contribution in [0.15, 0.2) is 44.9 Å². The fourth-order valence-electron chi connectivity index (χ4n) is 6.19. The number of halogens is 3. The van der Waals surface area contributed by atoms with E-state index in [1.165, 1.54) is 0 Å². The minimum absolute atomic E-state index is 0.195. The van der Waals surface area contributed by atoms with Crippen LogP contribution in [0.2, 0.25) is 0 Å². The number of nitrogens with zero attached hydrogens (tertiary/aromatic N) is 1. The zero-order chi connectivity index (χ0) is 28.8. The molecule has 2 N–H and O–H groups in total. The molecule has 0 amide bonds. The van der Waals surface area contributed by atoms with E-state index in [1.807, 2.05) is 0 Å². The lowest BCUT2D eigenvalue weighted by Gasteiger charge is -2.53. The largest absolute Gasteiger partial charge is 0.481 e. The number of fused-ring (bicyclic) bond motifs is 3. The van der Waals surface area contributed by atoms with Crippen LogP contribution in [0.1, 0.15) is 76.0 Å². The monoisotopic (exact) mass is 626 g/mol. The molecule has 0 aliphatic heterocycles. The fourth-order valence-corrected chi connectivity index (χ4v) is 8.14. The van der Waals surface area contributed by atoms with Gasteiger partial charge < -0.3 is 9.94 Å². The zero-order valence-electron chi connectivity index (χ0n) is 22.4. The highest BCUT2D eigenvalue weighted by Crippen LogP contribution is 2.58. The average molecular weight is 628 g/mol. The Labute approximate surface area is 236 Å². The first-order valence-electron chi connectivity index (χ1n) is 12.9. The van der Waals surface area contributed by atoms with Crippen molar-refractivity contribution >= 4 is 37.6 Å². The lowest BCUT2D eigenvalue weighted by Crippen LogP contribution is -2.53. The van der Waals surface area contributed by atoms with Gasteiger partial charge in [0.1, 0.15) is 18.2 Å². The van der Waals surface area contributed by atoms with Crippen LogP contribution < -0.4 is 4.72 Å². The molecule has 3 atom stereocenters. The van der Waals surface area contributed by atoms with Crippen LogP contribution >= 0.6 is 15.9 Å². The van der Waals surface area contributed by atoms with E-state index in [0.717, 1.165) is 52.2 Å². The molecule has 2 aliphatic carbocycles. The van der Waals surface area contributed by atoms with Gasteiger partial charge in [0, 0.05) is 16.6 Å². The van der Waals surface area contributed by atoms with Crippen molar-refractivity contribution in [2.24, 2.45) is 16.5 Å². The first kappa shape index (κ1) is 29.6. The zero-order valence-corrected chi connectivity index (χ0v) is 24.8. The Morgan fingerprint density at radius 2 is 1.90 bits per heavy atom. The topological polar surface area (TPSA) is 105 Å². The Morgan fingerprint density at radius 3 is 2.51 bits per heavy atom. The van der Waals surface area contributed by atoms with Crippen LogP contribution in [0.25, 0.3) is 0 Å². The quantitative estimate of drug-likeness (QED) is 0.272. The van der Waals surface area contributed by atoms with E-state index in [2.05, 4.69) is 58.7 Å². The molecule has 1 fully saturated rings. The number of nitrogens with one attached hydrogen (secondary N) is 1. The lowest BCUT2D eigenvalue weighted by atomic mass is 9.49. The normalized spacial score (nSPS) is 25.8. The number of hydrogen-bond donors (Lipinski definition) is 2. The van der Waals surface area contributed by atoms with E-state index >= 15 is 0 Å². The predicted octanol–water partition coefficient (Wildman–Crippen LogP) is 6.10. The minimum Gasteiger partial charge on any atom is -0.481 e. The molecule has 2 aliphatic rings. The van der Waals surface area contributed by atoms with E-state index in [9.17, 15) is 27.1 Å². The summed E-state index contributed by atoms with van der Waals surface area (Å²) in [6.07, 6.45) is 2.59. The number of hydrogen-bond acceptors (Lipinski definition) is 5. The summed E-state index contributed by atoms with van der Waals surface area (Å²) in [5, 5.41) is 14.6. The molecule has 0 radical (unpaired) electrons. The standard InChI is InChI=1S/C28H33BrF2N2O5S/c1-16(2)17-13-18-19(14-20(17)29)27(3)9-6-10-28(4,26(34)35)24(27)15-23(18)33-38-12-11-32-39(36,37)25-21(30)7-5-8-22(25)31/h5,7-8,13-14,16,24,32H,6,9-12,15H2,1-4H3,(H,34,35)/b33-23+/t24-,27-,28-/m1/s1. The van der Waals surface area contributed by atoms with E-state index in [4.69, 9.17) is 4.84 Å². The first-order valence-corrected chi connectivity index (χ1v) is 15.2. The molecule has 2 aromatic carbocycles. The molecule has 0 bridgehead atoms. The second-order valence-electron chi connectivity index (χ2n) is 11.1. The SMILES string of the molecule is CC(C)c1cc2c(cc1Br)[C@@]1(C)CCC[C@@](C)(C(=O)O)[C@@H]1C/C2=N\OCCNS(=O)(=O)c1c(F)cccc1F. The molecule has 4 rings (SSSR count). The number of aliphatic carboxylic acids is 1. The number of carboxylic acid groups (broad SMARTS) is 1. The molecular weight excluding hydrogens is 594 g/mol. The Hall–Kier alpha value is -2.37. The molecule has 0 saturated heterocycles. The molecular formula is C28H33BrF2N2O5S. The number of benzene rings is 2. The Kier molecular flexibility index (Phi) is 8.27. The van der Waals surface area contributed by atoms with E-state index in [1.54, 1.807) is 6.92 Å². The van der Waals surface area contributed by atoms with Crippen molar-refractivity contribution in [2.45, 2.75) is 69.6 Å². The number of rotatable bonds is 8. The molecule has 1 saturated carbocycles. The number of carboxylic acids is 1. The maximum absolute atomic E-state index is 14.0. The highest BCUT2D eigenvalue weighted by atomic mass is 79.9. The summed E-state index contributed by atoms with van der Waals surface area (Å²) in [7, 11) is -4.44. The van der Waals surface area contributed by atoms with Gasteiger partial charge in [0.25, 0.3) is 0 Å². The molecule has 0 unspecified atom stereocenters. The molecule has 0 spiro atoms. The Morgan fingerprint density at radius 1 is 1.23 bits per heavy atom. The molecule has 39 heavy (non-hydrogen) atoms. The second-order valence-corrected chi connectivity index (χ2v) is 13.7. The molecule has 2 aromatic rings. The van der Waals surface area contributed by atoms with Crippen LogP contribution in [-0.2, 0) is 25.1 Å². The molecule has 0 heterocycles. The van der Waals surface area contributed by atoms with E-state index in [0.29, 0.717) is 18.6 Å². The van der Waals surface area contributed by atoms with Gasteiger partial charge >= 0.3 is 5.97 Å². The Bertz CT molecular complexity index is 1410. The van der Waals surface area contributed by atoms with Crippen LogP contribution in [0.4, 0.5) is 8.78 Å². The number of oxime groups is 1. The van der Waals surface area contributed by atoms with Crippen LogP contribution in [0.5, 0.6) is 0 Å². The average Bonchev–Trinajstić information content (AvgIpc) is 2.84. The summed E-state index contributed by atoms with van der Waals surface area (Å²) in [6, 6.07) is 6.98. The van der Waals surface area contributed by atoms with Crippen molar-refractivity contribution < 1.29 is 31.9 Å². The second kappa shape index (κ2) is 10.9. The predicted molar refractivity (Wildman–Crippen MR) is 147 cm³/mol. The summed E-state index contributed by atoms with van der Waals surface area (Å²) in [5.41, 5.74) is 2.26. The number of carbonyl (C=O) groups is 1. The van der Waals surface area contributed by atoms with Crippen molar-refractivity contribution in [3.05, 3.63) is 63.1 Å². The van der Waals surface area contributed by atoms with Gasteiger partial charge in [0.15, 0.2) is 4.90 Å². The van der Waals surface area contributed by atoms with Crippen LogP contribution in [-0.4, -0.2) is 38.4 Å². The highest BCUT2D eigenvalue weighted by molar-refractivity contribution is 9.10. The summed E-state index contributed by atoms with van der Waals surface area (Å²) >= 11 is 3.71. The van der Waals surface area contributed by atoms with Gasteiger partial charge in [0.05, 0.1) is 11.1 Å². The van der Waals surface area contributed by atoms with E-state index in [-0.39, 0.29) is 30.4 Å². The van der Waals surface area contributed by atoms with Gasteiger partial charge in [0.2, 0.25) is 10.0 Å². The fraction of sp³-hybridized carbons (Fsp3) is 0.500. The summed E-state index contributed by atoms with van der Waals surface area (Å²) in [6.45, 7) is 7.63. The molecule has 212 valence electrons. The maximum atomic E-state index is 14.0. The number of sulfonamides is 1. The van der Waals surface area contributed by atoms with Crippen LogP contribution in [0.3, 0.4) is 0 Å². The third-order valence-corrected chi connectivity index (χ3v) is 10.5. The molecule has 7 nitrogen and oxygen atoms in total. The van der Waals surface area contributed by atoms with Gasteiger partial charge in [-0.15, -0.1) is 0 Å². The first-order chi connectivity index (χ1) is 18.2. The lowest BCUT2D eigenvalue weighted by molar-refractivity contribution is -0.156. The van der Waals surface area contributed by atoms with Crippen molar-refractivity contribution in [3.8, 4) is 0 Å². The molecule has 0 aromatic heterocycles. The molecule has 11 heteroatoms. The summed E-state index contributed by atoms with van der Waals surface area (Å²) in [5.74, 6) is -3.22. The van der Waals surface area contributed by atoms with Gasteiger partial charge in [-0.2, -0.15) is 0 Å². The smallest absolute Gasteiger partial charge is 0.309 e. The van der Waals surface area contributed by atoms with Gasteiger partial charge in [-0.3, -0.25) is 4.79 Å². The van der Waals surface area contributed by atoms with Crippen molar-refractivity contribution in [1.29, 1.82) is 0 Å². The van der Waals surface area contributed by atoms with Gasteiger partial charge in [-0.1, -0.05) is 54.3 Å². The maximum Gasteiger partial charge on any atom is 0.309 e. The van der Waals surface area contributed by atoms with Crippen LogP contribution in [0, 0.1) is 23.0 Å². The van der Waals surface area contributed by atoms with E-state index < -0.39 is 37.9 Å².